The molecule has 6 aliphatic heterocycles. The SMILES string of the molecule is CC(C)(C)C#N.CC(C)(C)N(CCO)CCO.CC(C)(C)N1C=COCC1.CC(C)(C)N1CC(F)(F)OC(F)(F)C1.CC(C)(C)N1CCOC(=O)C1.CC(C)(C)N1CCOC(CO)C1.CC(C)(C)N1CCOC(O)C1.CC(C)(C)OCCN.CCOC1CN(C(C)(C)C)CCO1.CN(C1CC1)C(C)(C)C. The molecule has 0 amide bonds. The largest absolute Gasteiger partial charge is 0.498 e. The standard InChI is InChI=1S/C10H21NO2.C9H19NO2.C8H13F4NO.C8H17NO2.C8H15NO2.C8H19NO2.C8H15NO.C8H17N.C6H15NO.C5H9N/c1-5-12-9-8-11(6-7-13-9)10(2,3)4;1-9(2,3)10-4-5-12-8(6-10)7-11;1-6(2,3)13-4-7(9,10)14-8(11,12)5-13;2*1-8(2,3)9-4-5-11-7(10)6-9;1-8(2,3)9(4-6-10)5-7-11;1-8(2,3)9-4-6-10-7-5-9;1-8(2,3)9(4)7-5-6-7;1-6(2,3)8-5-4-7;1-5(2,3)4-6/h9H,5-8H2,1-4H3;8,11H,4-7H2,1-3H3;4-5H2,1-3H3;7,10H,4-6H2,1-3H3;4-6H2,1-3H3;10-11H,4-7H2,1-3H3;4,6H,5,7H2,1-3H3;7H,5-6H2,1-4H3;4-5,7H2,1-3H3;1-3H3. The molecule has 23 nitrogen and oxygen atoms in total. The van der Waals surface area contributed by atoms with Crippen LogP contribution in [0.5, 0.6) is 0 Å². The molecular weight excluding hydrogens is 1360 g/mol. The fourth-order valence-corrected chi connectivity index (χ4v) is 9.94. The molecule has 1 saturated carbocycles. The van der Waals surface area contributed by atoms with Gasteiger partial charge < -0.3 is 64.2 Å². The van der Waals surface area contributed by atoms with Gasteiger partial charge in [0, 0.05) is 127 Å². The molecule has 0 bridgehead atoms. The Morgan fingerprint density at radius 2 is 1.02 bits per heavy atom. The maximum Gasteiger partial charge on any atom is 0.372 e. The van der Waals surface area contributed by atoms with Crippen molar-refractivity contribution >= 4 is 5.97 Å². The maximum absolute atomic E-state index is 12.7. The van der Waals surface area contributed by atoms with Gasteiger partial charge in [-0.15, -0.1) is 0 Å². The Labute approximate surface area is 637 Å². The van der Waals surface area contributed by atoms with Gasteiger partial charge in [-0.3, -0.25) is 43.8 Å². The highest BCUT2D eigenvalue weighted by molar-refractivity contribution is 5.72. The van der Waals surface area contributed by atoms with Crippen LogP contribution in [-0.4, -0.2) is 317 Å². The van der Waals surface area contributed by atoms with Crippen molar-refractivity contribution in [3.8, 4) is 6.07 Å². The summed E-state index contributed by atoms with van der Waals surface area (Å²) in [4.78, 5) is 27.7. The number of nitrogens with zero attached hydrogens (tertiary/aromatic N) is 9. The van der Waals surface area contributed by atoms with Gasteiger partial charge in [0.05, 0.1) is 103 Å². The number of cyclic esters (lactones) is 1. The molecule has 3 unspecified atom stereocenters. The molecule has 0 aromatic rings. The summed E-state index contributed by atoms with van der Waals surface area (Å²) in [6.45, 7) is 77.2. The lowest BCUT2D eigenvalue weighted by atomic mass is 10.0. The van der Waals surface area contributed by atoms with E-state index in [1.54, 1.807) is 27.0 Å². The van der Waals surface area contributed by atoms with Gasteiger partial charge in [0.1, 0.15) is 13.2 Å². The van der Waals surface area contributed by atoms with Gasteiger partial charge >= 0.3 is 18.2 Å². The summed E-state index contributed by atoms with van der Waals surface area (Å²) in [7, 11) is 2.22. The van der Waals surface area contributed by atoms with E-state index in [9.17, 15) is 27.5 Å². The Kier molecular flexibility index (Phi) is 48.9. The van der Waals surface area contributed by atoms with Gasteiger partial charge in [0.2, 0.25) is 0 Å². The fraction of sp³-hybridized carbons (Fsp3) is 0.949. The third-order valence-corrected chi connectivity index (χ3v) is 17.0. The first-order chi connectivity index (χ1) is 47.4. The van der Waals surface area contributed by atoms with E-state index in [1.165, 1.54) is 12.8 Å². The number of aliphatic hydroxyl groups is 4. The van der Waals surface area contributed by atoms with E-state index < -0.39 is 37.1 Å². The van der Waals surface area contributed by atoms with Crippen LogP contribution in [0.2, 0.25) is 0 Å². The van der Waals surface area contributed by atoms with Crippen LogP contribution in [0.4, 0.5) is 17.6 Å². The molecule has 7 aliphatic rings. The summed E-state index contributed by atoms with van der Waals surface area (Å²) in [5.41, 5.74) is 5.59. The van der Waals surface area contributed by atoms with Crippen LogP contribution >= 0.6 is 0 Å². The number of carbonyl (C=O) groups is 1. The van der Waals surface area contributed by atoms with Crippen LogP contribution in [0.15, 0.2) is 12.5 Å². The van der Waals surface area contributed by atoms with Gasteiger partial charge in [-0.25, -0.2) is 0 Å². The number of β-amino-alcohol motifs (C(OH)–C–C–N with tert-alkyl or cyclic N) is 3. The zero-order chi connectivity index (χ0) is 82.7. The van der Waals surface area contributed by atoms with Gasteiger partial charge in [-0.2, -0.15) is 22.8 Å². The minimum absolute atomic E-state index is 0.0120. The normalized spacial score (nSPS) is 21.8. The number of morpholine rings is 5. The van der Waals surface area contributed by atoms with Crippen LogP contribution < -0.4 is 5.73 Å². The van der Waals surface area contributed by atoms with Gasteiger partial charge in [-0.1, -0.05) is 0 Å². The molecule has 0 spiro atoms. The molecule has 3 atom stereocenters. The van der Waals surface area contributed by atoms with Crippen molar-refractivity contribution in [1.29, 1.82) is 5.26 Å². The Bertz CT molecular complexity index is 2290. The third-order valence-electron chi connectivity index (χ3n) is 17.0. The zero-order valence-corrected chi connectivity index (χ0v) is 72.4. The molecule has 105 heavy (non-hydrogen) atoms. The lowest BCUT2D eigenvalue weighted by Crippen LogP contribution is -2.60. The molecule has 27 heteroatoms. The fourth-order valence-electron chi connectivity index (χ4n) is 9.94. The highest BCUT2D eigenvalue weighted by Gasteiger charge is 2.53. The lowest BCUT2D eigenvalue weighted by molar-refractivity contribution is -0.410. The number of rotatable bonds is 10. The molecule has 7 rings (SSSR count). The Hall–Kier alpha value is -2.70. The number of halogens is 4. The predicted octanol–water partition coefficient (Wildman–Crippen LogP) is 11.2. The Morgan fingerprint density at radius 3 is 1.30 bits per heavy atom. The van der Waals surface area contributed by atoms with Crippen molar-refractivity contribution in [2.75, 3.05) is 165 Å². The van der Waals surface area contributed by atoms with E-state index in [2.05, 4.69) is 193 Å². The monoisotopic (exact) mass is 1520 g/mol. The molecule has 1 aliphatic carbocycles. The summed E-state index contributed by atoms with van der Waals surface area (Å²) >= 11 is 0. The van der Waals surface area contributed by atoms with Crippen molar-refractivity contribution in [2.24, 2.45) is 11.1 Å². The van der Waals surface area contributed by atoms with Gasteiger partial charge in [-0.05, 0) is 235 Å². The average Bonchev–Trinajstić information content (AvgIpc) is 1.11. The number of hydrogen-bond donors (Lipinski definition) is 5. The van der Waals surface area contributed by atoms with E-state index in [0.717, 1.165) is 83.2 Å². The molecule has 5 saturated heterocycles. The second-order valence-electron chi connectivity index (χ2n) is 37.1. The summed E-state index contributed by atoms with van der Waals surface area (Å²) in [5, 5.41) is 43.7. The van der Waals surface area contributed by atoms with Crippen LogP contribution in [0, 0.1) is 16.7 Å². The summed E-state index contributed by atoms with van der Waals surface area (Å²) in [5.74, 6) is -0.105. The van der Waals surface area contributed by atoms with Crippen LogP contribution in [0.1, 0.15) is 227 Å². The first-order valence-corrected chi connectivity index (χ1v) is 38.0. The van der Waals surface area contributed by atoms with Gasteiger partial charge in [0.15, 0.2) is 12.6 Å². The molecule has 6 fully saturated rings. The lowest BCUT2D eigenvalue weighted by Gasteiger charge is -2.43. The van der Waals surface area contributed by atoms with Crippen LogP contribution in [-0.2, 0) is 42.7 Å². The van der Waals surface area contributed by atoms with Crippen LogP contribution in [0.25, 0.3) is 0 Å². The Morgan fingerprint density at radius 1 is 0.590 bits per heavy atom. The minimum Gasteiger partial charge on any atom is -0.498 e. The number of nitriles is 1. The molecule has 628 valence electrons. The van der Waals surface area contributed by atoms with E-state index in [1.807, 2.05) is 59.6 Å². The first kappa shape index (κ1) is 106. The number of aliphatic hydroxyl groups excluding tert-OH is 4. The average molecular weight is 1520 g/mol. The first-order valence-electron chi connectivity index (χ1n) is 38.0. The molecule has 6 N–H and O–H groups in total. The highest BCUT2D eigenvalue weighted by Crippen LogP contribution is 2.36. The van der Waals surface area contributed by atoms with Crippen molar-refractivity contribution in [2.45, 2.75) is 314 Å². The summed E-state index contributed by atoms with van der Waals surface area (Å²) < 4.78 is 90.8. The highest BCUT2D eigenvalue weighted by atomic mass is 19.3. The minimum atomic E-state index is -3.78. The number of carbonyl (C=O) groups excluding carboxylic acids is 1. The zero-order valence-electron chi connectivity index (χ0n) is 72.4. The second-order valence-corrected chi connectivity index (χ2v) is 37.1. The van der Waals surface area contributed by atoms with E-state index in [4.69, 9.17) is 59.5 Å². The van der Waals surface area contributed by atoms with E-state index in [0.29, 0.717) is 58.1 Å². The topological polar surface area (TPSA) is 248 Å². The maximum atomic E-state index is 12.7. The molecular formula is C78H160F4N10O13. The number of alkyl halides is 4. The number of nitrogens with two attached hydrogens (primary N) is 1. The van der Waals surface area contributed by atoms with Crippen molar-refractivity contribution in [3.05, 3.63) is 12.5 Å². The molecule has 0 radical (unpaired) electrons. The predicted molar refractivity (Wildman–Crippen MR) is 416 cm³/mol. The van der Waals surface area contributed by atoms with Crippen molar-refractivity contribution in [1.82, 2.24) is 39.2 Å². The second kappa shape index (κ2) is 48.3. The number of esters is 1. The van der Waals surface area contributed by atoms with Gasteiger partial charge in [0.25, 0.3) is 0 Å². The summed E-state index contributed by atoms with van der Waals surface area (Å²) in [6.07, 6.45) is -1.59. The smallest absolute Gasteiger partial charge is 0.372 e. The van der Waals surface area contributed by atoms with E-state index >= 15 is 0 Å². The molecule has 0 aromatic heterocycles. The Balaban J connectivity index is -0.00000111. The third kappa shape index (κ3) is 54.6. The van der Waals surface area contributed by atoms with E-state index in [-0.39, 0.29) is 82.4 Å². The van der Waals surface area contributed by atoms with Crippen LogP contribution in [0.3, 0.4) is 0 Å². The quantitative estimate of drug-likeness (QED) is 0.101. The van der Waals surface area contributed by atoms with Crippen molar-refractivity contribution < 1.29 is 80.7 Å². The summed E-state index contributed by atoms with van der Waals surface area (Å²) in [6, 6.07) is 3.00. The number of ether oxygens (including phenoxy) is 8. The number of hydrogen-bond acceptors (Lipinski definition) is 23. The van der Waals surface area contributed by atoms with Crippen molar-refractivity contribution in [3.63, 3.8) is 0 Å². The molecule has 6 heterocycles. The molecule has 0 aromatic carbocycles.